The lowest BCUT2D eigenvalue weighted by atomic mass is 10.1. The third kappa shape index (κ3) is 4.22. The van der Waals surface area contributed by atoms with Crippen LogP contribution in [0.4, 0.5) is 28.8 Å². The van der Waals surface area contributed by atoms with Gasteiger partial charge >= 0.3 is 0 Å². The molecule has 4 rings (SSSR count). The van der Waals surface area contributed by atoms with E-state index in [2.05, 4.69) is 73.6 Å². The number of nitrogens with zero attached hydrogens (tertiary/aromatic N) is 5. The molecule has 0 radical (unpaired) electrons. The van der Waals surface area contributed by atoms with Crippen molar-refractivity contribution in [3.8, 4) is 0 Å². The molecule has 2 aromatic carbocycles. The Balaban J connectivity index is 1.48. The second kappa shape index (κ2) is 8.69. The molecule has 1 N–H and O–H groups in total. The average Bonchev–Trinajstić information content (AvgIpc) is 2.77. The highest BCUT2D eigenvalue weighted by atomic mass is 15.3. The van der Waals surface area contributed by atoms with Crippen molar-refractivity contribution >= 4 is 28.8 Å². The molecule has 6 nitrogen and oxygen atoms in total. The van der Waals surface area contributed by atoms with E-state index in [-0.39, 0.29) is 0 Å². The summed E-state index contributed by atoms with van der Waals surface area (Å²) < 4.78 is 0. The second-order valence-electron chi connectivity index (χ2n) is 6.94. The van der Waals surface area contributed by atoms with E-state index in [0.717, 1.165) is 36.8 Å². The summed E-state index contributed by atoms with van der Waals surface area (Å²) in [6.45, 7) is 5.19. The summed E-state index contributed by atoms with van der Waals surface area (Å²) in [7, 11) is 0. The van der Waals surface area contributed by atoms with E-state index in [0.29, 0.717) is 5.95 Å². The van der Waals surface area contributed by atoms with Crippen LogP contribution in [0.1, 0.15) is 26.2 Å². The predicted octanol–water partition coefficient (Wildman–Crippen LogP) is 4.76. The van der Waals surface area contributed by atoms with Crippen molar-refractivity contribution in [3.63, 3.8) is 0 Å². The van der Waals surface area contributed by atoms with E-state index in [1.807, 2.05) is 18.2 Å². The average molecular weight is 374 g/mol. The van der Waals surface area contributed by atoms with Gasteiger partial charge in [0.15, 0.2) is 5.82 Å². The van der Waals surface area contributed by atoms with Crippen LogP contribution in [0.25, 0.3) is 0 Å². The number of anilines is 5. The van der Waals surface area contributed by atoms with Gasteiger partial charge in [-0.1, -0.05) is 18.2 Å². The minimum Gasteiger partial charge on any atom is -0.372 e. The molecule has 0 unspecified atom stereocenters. The van der Waals surface area contributed by atoms with Crippen molar-refractivity contribution in [1.29, 1.82) is 0 Å². The van der Waals surface area contributed by atoms with Crippen molar-refractivity contribution in [2.24, 2.45) is 0 Å². The highest BCUT2D eigenvalue weighted by molar-refractivity contribution is 5.62. The Hall–Kier alpha value is -3.15. The van der Waals surface area contributed by atoms with Gasteiger partial charge in [0.2, 0.25) is 5.95 Å². The van der Waals surface area contributed by atoms with Gasteiger partial charge in [-0.3, -0.25) is 0 Å². The topological polar surface area (TPSA) is 57.2 Å². The Kier molecular flexibility index (Phi) is 5.66. The molecule has 0 aliphatic carbocycles. The summed E-state index contributed by atoms with van der Waals surface area (Å²) in [6.07, 6.45) is 5.60. The molecular weight excluding hydrogens is 348 g/mol. The molecule has 0 bridgehead atoms. The molecule has 6 heteroatoms. The van der Waals surface area contributed by atoms with Gasteiger partial charge in [0.1, 0.15) is 0 Å². The van der Waals surface area contributed by atoms with Crippen LogP contribution >= 0.6 is 0 Å². The van der Waals surface area contributed by atoms with E-state index in [4.69, 9.17) is 0 Å². The largest absolute Gasteiger partial charge is 0.372 e. The molecule has 1 aliphatic heterocycles. The van der Waals surface area contributed by atoms with E-state index in [1.165, 1.54) is 24.9 Å². The van der Waals surface area contributed by atoms with Crippen molar-refractivity contribution < 1.29 is 0 Å². The van der Waals surface area contributed by atoms with Crippen LogP contribution in [0.5, 0.6) is 0 Å². The molecule has 0 atom stereocenters. The van der Waals surface area contributed by atoms with Crippen molar-refractivity contribution in [3.05, 3.63) is 60.8 Å². The van der Waals surface area contributed by atoms with Gasteiger partial charge in [0, 0.05) is 36.7 Å². The molecule has 0 spiro atoms. The standard InChI is InChI=1S/C22H26N6/c1-2-28(20-9-5-3-6-10-20)21-17-23-26-22(25-21)24-18-11-13-19(14-12-18)27-15-7-4-8-16-27/h3,5-6,9-14,17H,2,4,7-8,15-16H2,1H3,(H,24,25,26). The SMILES string of the molecule is CCN(c1ccccc1)c1cnnc(Nc2ccc(N3CCCCC3)cc2)n1. The third-order valence-corrected chi connectivity index (χ3v) is 5.05. The number of aromatic nitrogens is 3. The molecule has 1 aromatic heterocycles. The lowest BCUT2D eigenvalue weighted by Gasteiger charge is -2.28. The number of hydrogen-bond donors (Lipinski definition) is 1. The second-order valence-corrected chi connectivity index (χ2v) is 6.94. The van der Waals surface area contributed by atoms with Gasteiger partial charge in [0.05, 0.1) is 6.20 Å². The van der Waals surface area contributed by atoms with E-state index >= 15 is 0 Å². The predicted molar refractivity (Wildman–Crippen MR) is 115 cm³/mol. The number of piperidine rings is 1. The van der Waals surface area contributed by atoms with Crippen LogP contribution in [-0.2, 0) is 0 Å². The van der Waals surface area contributed by atoms with Gasteiger partial charge in [0.25, 0.3) is 0 Å². The highest BCUT2D eigenvalue weighted by Gasteiger charge is 2.12. The number of hydrogen-bond acceptors (Lipinski definition) is 6. The maximum Gasteiger partial charge on any atom is 0.249 e. The van der Waals surface area contributed by atoms with E-state index in [1.54, 1.807) is 6.20 Å². The van der Waals surface area contributed by atoms with Gasteiger partial charge in [-0.2, -0.15) is 10.1 Å². The molecule has 1 aliphatic rings. The maximum atomic E-state index is 4.66. The van der Waals surface area contributed by atoms with Gasteiger partial charge in [-0.05, 0) is 62.6 Å². The van der Waals surface area contributed by atoms with Gasteiger partial charge in [-0.15, -0.1) is 5.10 Å². The summed E-state index contributed by atoms with van der Waals surface area (Å²) in [6, 6.07) is 18.7. The maximum absolute atomic E-state index is 4.66. The third-order valence-electron chi connectivity index (χ3n) is 5.05. The van der Waals surface area contributed by atoms with Gasteiger partial charge in [-0.25, -0.2) is 0 Å². The first-order valence-electron chi connectivity index (χ1n) is 9.98. The van der Waals surface area contributed by atoms with Crippen LogP contribution in [0.15, 0.2) is 60.8 Å². The zero-order valence-corrected chi connectivity index (χ0v) is 16.3. The molecule has 0 amide bonds. The molecule has 144 valence electrons. The first-order valence-corrected chi connectivity index (χ1v) is 9.98. The molecule has 28 heavy (non-hydrogen) atoms. The smallest absolute Gasteiger partial charge is 0.249 e. The Labute approximate surface area is 166 Å². The molecule has 0 saturated carbocycles. The first kappa shape index (κ1) is 18.2. The number of benzene rings is 2. The van der Waals surface area contributed by atoms with Gasteiger partial charge < -0.3 is 15.1 Å². The molecule has 1 fully saturated rings. The monoisotopic (exact) mass is 374 g/mol. The summed E-state index contributed by atoms with van der Waals surface area (Å²) in [5.74, 6) is 1.27. The first-order chi connectivity index (χ1) is 13.8. The molecule has 1 saturated heterocycles. The summed E-state index contributed by atoms with van der Waals surface area (Å²) in [5.41, 5.74) is 3.32. The normalized spacial score (nSPS) is 14.0. The van der Waals surface area contributed by atoms with Crippen molar-refractivity contribution in [2.75, 3.05) is 34.8 Å². The van der Waals surface area contributed by atoms with Crippen LogP contribution in [0.3, 0.4) is 0 Å². The zero-order valence-electron chi connectivity index (χ0n) is 16.3. The Morgan fingerprint density at radius 1 is 0.964 bits per heavy atom. The zero-order chi connectivity index (χ0) is 19.2. The lowest BCUT2D eigenvalue weighted by molar-refractivity contribution is 0.578. The minimum absolute atomic E-state index is 0.498. The van der Waals surface area contributed by atoms with Crippen molar-refractivity contribution in [1.82, 2.24) is 15.2 Å². The molecule has 3 aromatic rings. The number of rotatable bonds is 6. The number of para-hydroxylation sites is 1. The summed E-state index contributed by atoms with van der Waals surface area (Å²) in [4.78, 5) is 9.22. The fraction of sp³-hybridized carbons (Fsp3) is 0.318. The summed E-state index contributed by atoms with van der Waals surface area (Å²) >= 11 is 0. The minimum atomic E-state index is 0.498. The summed E-state index contributed by atoms with van der Waals surface area (Å²) in [5, 5.41) is 11.6. The fourth-order valence-corrected chi connectivity index (χ4v) is 3.60. The van der Waals surface area contributed by atoms with E-state index < -0.39 is 0 Å². The van der Waals surface area contributed by atoms with Crippen LogP contribution in [0.2, 0.25) is 0 Å². The fourth-order valence-electron chi connectivity index (χ4n) is 3.60. The van der Waals surface area contributed by atoms with Crippen LogP contribution < -0.4 is 15.1 Å². The molecule has 2 heterocycles. The quantitative estimate of drug-likeness (QED) is 0.671. The number of nitrogens with one attached hydrogen (secondary N) is 1. The Morgan fingerprint density at radius 3 is 2.43 bits per heavy atom. The van der Waals surface area contributed by atoms with Crippen molar-refractivity contribution in [2.45, 2.75) is 26.2 Å². The van der Waals surface area contributed by atoms with Crippen LogP contribution in [0, 0.1) is 0 Å². The van der Waals surface area contributed by atoms with E-state index in [9.17, 15) is 0 Å². The Morgan fingerprint density at radius 2 is 1.71 bits per heavy atom. The van der Waals surface area contributed by atoms with Crippen LogP contribution in [-0.4, -0.2) is 34.8 Å². The Bertz CT molecular complexity index is 875. The lowest BCUT2D eigenvalue weighted by Crippen LogP contribution is -2.29. The molecular formula is C22H26N6. The highest BCUT2D eigenvalue weighted by Crippen LogP contribution is 2.25.